The Morgan fingerprint density at radius 3 is 2.00 bits per heavy atom. The molecule has 18 heavy (non-hydrogen) atoms. The zero-order valence-corrected chi connectivity index (χ0v) is 10.7. The molecular formula is C15H18N2O. The van der Waals surface area contributed by atoms with Gasteiger partial charge in [-0.25, -0.2) is 0 Å². The molecule has 0 aliphatic rings. The van der Waals surface area contributed by atoms with E-state index in [1.165, 1.54) is 5.56 Å². The molecule has 0 amide bonds. The molecule has 0 aliphatic heterocycles. The quantitative estimate of drug-likeness (QED) is 0.805. The molecule has 0 aliphatic carbocycles. The van der Waals surface area contributed by atoms with Crippen LogP contribution in [0.4, 0.5) is 11.4 Å². The zero-order valence-electron chi connectivity index (χ0n) is 10.7. The number of hydrogen-bond acceptors (Lipinski definition) is 3. The predicted octanol–water partition coefficient (Wildman–Crippen LogP) is 3.77. The number of anilines is 2. The third-order valence-corrected chi connectivity index (χ3v) is 2.84. The Morgan fingerprint density at radius 2 is 1.44 bits per heavy atom. The molecule has 94 valence electrons. The average molecular weight is 242 g/mol. The second-order valence-electron chi connectivity index (χ2n) is 4.62. The lowest BCUT2D eigenvalue weighted by Crippen LogP contribution is -1.95. The molecule has 2 aromatic carbocycles. The first-order valence-corrected chi connectivity index (χ1v) is 5.99. The van der Waals surface area contributed by atoms with E-state index in [9.17, 15) is 0 Å². The second-order valence-corrected chi connectivity index (χ2v) is 4.62. The largest absolute Gasteiger partial charge is 0.457 e. The van der Waals surface area contributed by atoms with E-state index in [2.05, 4.69) is 26.0 Å². The van der Waals surface area contributed by atoms with Crippen molar-refractivity contribution in [1.29, 1.82) is 0 Å². The predicted molar refractivity (Wildman–Crippen MR) is 75.9 cm³/mol. The number of nitrogens with two attached hydrogens (primary N) is 2. The van der Waals surface area contributed by atoms with Crippen LogP contribution in [-0.2, 0) is 0 Å². The number of benzene rings is 2. The second kappa shape index (κ2) is 5.00. The Morgan fingerprint density at radius 1 is 0.833 bits per heavy atom. The van der Waals surface area contributed by atoms with E-state index in [1.807, 2.05) is 18.2 Å². The third-order valence-electron chi connectivity index (χ3n) is 2.84. The number of hydrogen-bond donors (Lipinski definition) is 2. The van der Waals surface area contributed by atoms with Crippen LogP contribution in [0.15, 0.2) is 42.5 Å². The summed E-state index contributed by atoms with van der Waals surface area (Å²) < 4.78 is 5.71. The van der Waals surface area contributed by atoms with Crippen LogP contribution in [0, 0.1) is 0 Å². The summed E-state index contributed by atoms with van der Waals surface area (Å²) in [4.78, 5) is 0. The van der Waals surface area contributed by atoms with Crippen molar-refractivity contribution in [3.63, 3.8) is 0 Å². The molecule has 3 nitrogen and oxygen atoms in total. The van der Waals surface area contributed by atoms with Crippen LogP contribution < -0.4 is 16.2 Å². The van der Waals surface area contributed by atoms with Crippen LogP contribution in [0.2, 0.25) is 0 Å². The monoisotopic (exact) mass is 242 g/mol. The molecule has 4 N–H and O–H groups in total. The molecule has 3 heteroatoms. The Balaban J connectivity index is 2.15. The van der Waals surface area contributed by atoms with Crippen LogP contribution in [0.3, 0.4) is 0 Å². The minimum absolute atomic E-state index is 0.520. The van der Waals surface area contributed by atoms with Gasteiger partial charge in [-0.15, -0.1) is 0 Å². The van der Waals surface area contributed by atoms with E-state index in [-0.39, 0.29) is 0 Å². The van der Waals surface area contributed by atoms with Crippen LogP contribution in [-0.4, -0.2) is 0 Å². The van der Waals surface area contributed by atoms with Gasteiger partial charge in [-0.05, 0) is 35.7 Å². The Bertz CT molecular complexity index is 533. The van der Waals surface area contributed by atoms with Gasteiger partial charge in [-0.3, -0.25) is 0 Å². The van der Waals surface area contributed by atoms with Gasteiger partial charge in [0.1, 0.15) is 11.5 Å². The minimum atomic E-state index is 0.520. The van der Waals surface area contributed by atoms with Crippen LogP contribution in [0.25, 0.3) is 0 Å². The van der Waals surface area contributed by atoms with E-state index < -0.39 is 0 Å². The first-order valence-electron chi connectivity index (χ1n) is 5.99. The highest BCUT2D eigenvalue weighted by Crippen LogP contribution is 2.27. The standard InChI is InChI=1S/C15H18N2O/c1-10(2)11-3-5-12(6-4-11)18-13-7-8-14(16)15(17)9-13/h3-10H,16-17H2,1-2H3. The zero-order chi connectivity index (χ0) is 13.1. The molecule has 0 bridgehead atoms. The van der Waals surface area contributed by atoms with E-state index in [0.717, 1.165) is 5.75 Å². The van der Waals surface area contributed by atoms with Crippen molar-refractivity contribution in [2.75, 3.05) is 11.5 Å². The first-order chi connectivity index (χ1) is 8.56. The molecule has 0 fully saturated rings. The lowest BCUT2D eigenvalue weighted by molar-refractivity contribution is 0.482. The summed E-state index contributed by atoms with van der Waals surface area (Å²) in [6, 6.07) is 13.3. The summed E-state index contributed by atoms with van der Waals surface area (Å²) in [7, 11) is 0. The fraction of sp³-hybridized carbons (Fsp3) is 0.200. The summed E-state index contributed by atoms with van der Waals surface area (Å²) in [5, 5.41) is 0. The number of nitrogen functional groups attached to an aromatic ring is 2. The Labute approximate surface area is 107 Å². The molecule has 0 aromatic heterocycles. The fourth-order valence-corrected chi connectivity index (χ4v) is 1.67. The molecule has 0 atom stereocenters. The lowest BCUT2D eigenvalue weighted by atomic mass is 10.0. The molecular weight excluding hydrogens is 224 g/mol. The van der Waals surface area contributed by atoms with E-state index in [4.69, 9.17) is 16.2 Å². The van der Waals surface area contributed by atoms with E-state index in [1.54, 1.807) is 12.1 Å². The van der Waals surface area contributed by atoms with Crippen molar-refractivity contribution in [1.82, 2.24) is 0 Å². The van der Waals surface area contributed by atoms with Crippen molar-refractivity contribution >= 4 is 11.4 Å². The highest BCUT2D eigenvalue weighted by molar-refractivity contribution is 5.65. The topological polar surface area (TPSA) is 61.3 Å². The van der Waals surface area contributed by atoms with Gasteiger partial charge < -0.3 is 16.2 Å². The maximum atomic E-state index is 5.73. The van der Waals surface area contributed by atoms with E-state index in [0.29, 0.717) is 23.0 Å². The van der Waals surface area contributed by atoms with Crippen molar-refractivity contribution in [3.05, 3.63) is 48.0 Å². The maximum Gasteiger partial charge on any atom is 0.129 e. The van der Waals surface area contributed by atoms with Gasteiger partial charge in [-0.1, -0.05) is 26.0 Å². The molecule has 0 unspecified atom stereocenters. The fourth-order valence-electron chi connectivity index (χ4n) is 1.67. The van der Waals surface area contributed by atoms with Gasteiger partial charge in [0, 0.05) is 6.07 Å². The minimum Gasteiger partial charge on any atom is -0.457 e. The van der Waals surface area contributed by atoms with Gasteiger partial charge >= 0.3 is 0 Å². The first kappa shape index (κ1) is 12.3. The third kappa shape index (κ3) is 2.74. The maximum absolute atomic E-state index is 5.73. The summed E-state index contributed by atoms with van der Waals surface area (Å²) in [6.45, 7) is 4.33. The lowest BCUT2D eigenvalue weighted by Gasteiger charge is -2.09. The van der Waals surface area contributed by atoms with Crippen molar-refractivity contribution in [2.45, 2.75) is 19.8 Å². The summed E-state index contributed by atoms with van der Waals surface area (Å²) >= 11 is 0. The molecule has 2 aromatic rings. The van der Waals surface area contributed by atoms with Gasteiger partial charge in [0.15, 0.2) is 0 Å². The van der Waals surface area contributed by atoms with Crippen LogP contribution >= 0.6 is 0 Å². The summed E-state index contributed by atoms with van der Waals surface area (Å²) in [6.07, 6.45) is 0. The van der Waals surface area contributed by atoms with Crippen molar-refractivity contribution in [3.8, 4) is 11.5 Å². The molecule has 2 rings (SSSR count). The number of ether oxygens (including phenoxy) is 1. The van der Waals surface area contributed by atoms with Gasteiger partial charge in [-0.2, -0.15) is 0 Å². The summed E-state index contributed by atoms with van der Waals surface area (Å²) in [5.74, 6) is 2.01. The Hall–Kier alpha value is -2.16. The molecule has 0 radical (unpaired) electrons. The Kier molecular flexibility index (Phi) is 3.42. The van der Waals surface area contributed by atoms with E-state index >= 15 is 0 Å². The van der Waals surface area contributed by atoms with Gasteiger partial charge in [0.25, 0.3) is 0 Å². The van der Waals surface area contributed by atoms with Gasteiger partial charge in [0.05, 0.1) is 11.4 Å². The highest BCUT2D eigenvalue weighted by atomic mass is 16.5. The smallest absolute Gasteiger partial charge is 0.129 e. The molecule has 0 heterocycles. The molecule has 0 saturated heterocycles. The average Bonchev–Trinajstić information content (AvgIpc) is 2.34. The molecule has 0 saturated carbocycles. The SMILES string of the molecule is CC(C)c1ccc(Oc2ccc(N)c(N)c2)cc1. The van der Waals surface area contributed by atoms with Crippen molar-refractivity contribution < 1.29 is 4.74 Å². The summed E-state index contributed by atoms with van der Waals surface area (Å²) in [5.41, 5.74) is 13.8. The van der Waals surface area contributed by atoms with Crippen LogP contribution in [0.5, 0.6) is 11.5 Å². The van der Waals surface area contributed by atoms with Crippen LogP contribution in [0.1, 0.15) is 25.3 Å². The molecule has 0 spiro atoms. The normalized spacial score (nSPS) is 10.6. The number of rotatable bonds is 3. The van der Waals surface area contributed by atoms with Crippen molar-refractivity contribution in [2.24, 2.45) is 0 Å². The van der Waals surface area contributed by atoms with Gasteiger partial charge in [0.2, 0.25) is 0 Å². The highest BCUT2D eigenvalue weighted by Gasteiger charge is 2.02.